The standard InChI is InChI=1S/C18H24O.C17H24O.CH4/c1-15(9-7-11-16(2)17(3)19)10-8-14-18-12-5-4-6-13-18;1-15(8-6-10-16(2)14-18)9-7-13-17-11-4-3-5-12-17;/h4-6,10-13H,7-9,14H2,1-3H3;3-5,9-12,18H,6-8,13-14H2,1-2H3;1H4/b15-10+,16-11-;15-9+,16-10-;. The third-order valence-corrected chi connectivity index (χ3v) is 6.36. The molecule has 0 spiro atoms. The summed E-state index contributed by atoms with van der Waals surface area (Å²) < 4.78 is 0. The number of carbonyl (C=O) groups is 1. The van der Waals surface area contributed by atoms with Crippen molar-refractivity contribution < 1.29 is 9.90 Å². The van der Waals surface area contributed by atoms with Gasteiger partial charge in [0.15, 0.2) is 5.78 Å². The quantitative estimate of drug-likeness (QED) is 0.200. The fourth-order valence-electron chi connectivity index (χ4n) is 3.73. The summed E-state index contributed by atoms with van der Waals surface area (Å²) in [5.74, 6) is 0.172. The summed E-state index contributed by atoms with van der Waals surface area (Å²) >= 11 is 0. The van der Waals surface area contributed by atoms with E-state index in [0.717, 1.165) is 62.5 Å². The summed E-state index contributed by atoms with van der Waals surface area (Å²) in [4.78, 5) is 11.1. The van der Waals surface area contributed by atoms with Gasteiger partial charge in [0.1, 0.15) is 0 Å². The minimum atomic E-state index is 0. The highest BCUT2D eigenvalue weighted by molar-refractivity contribution is 5.92. The Labute approximate surface area is 233 Å². The molecule has 0 saturated carbocycles. The molecule has 0 heterocycles. The molecule has 0 unspecified atom stereocenters. The monoisotopic (exact) mass is 516 g/mol. The maximum Gasteiger partial charge on any atom is 0.155 e. The lowest BCUT2D eigenvalue weighted by molar-refractivity contribution is -0.113. The smallest absolute Gasteiger partial charge is 0.155 e. The maximum atomic E-state index is 11.1. The minimum Gasteiger partial charge on any atom is -0.392 e. The van der Waals surface area contributed by atoms with Crippen LogP contribution in [0.1, 0.15) is 91.7 Å². The predicted octanol–water partition coefficient (Wildman–Crippen LogP) is 9.80. The molecule has 0 aliphatic carbocycles. The van der Waals surface area contributed by atoms with Crippen LogP contribution in [0.4, 0.5) is 0 Å². The van der Waals surface area contributed by atoms with Crippen molar-refractivity contribution in [2.45, 2.75) is 93.4 Å². The van der Waals surface area contributed by atoms with Crippen LogP contribution in [-0.4, -0.2) is 17.5 Å². The predicted molar refractivity (Wildman–Crippen MR) is 168 cm³/mol. The first-order valence-electron chi connectivity index (χ1n) is 13.6. The van der Waals surface area contributed by atoms with Crippen molar-refractivity contribution in [2.24, 2.45) is 0 Å². The molecule has 0 saturated heterocycles. The molecule has 0 aliphatic heterocycles. The molecule has 0 aliphatic rings. The lowest BCUT2D eigenvalue weighted by Crippen LogP contribution is -1.91. The van der Waals surface area contributed by atoms with Crippen LogP contribution in [0.5, 0.6) is 0 Å². The van der Waals surface area contributed by atoms with Gasteiger partial charge in [0.2, 0.25) is 0 Å². The van der Waals surface area contributed by atoms with Crippen LogP contribution in [0.15, 0.2) is 107 Å². The Balaban J connectivity index is 0.000000703. The molecule has 0 radical (unpaired) electrons. The molecule has 0 fully saturated rings. The van der Waals surface area contributed by atoms with Crippen molar-refractivity contribution in [3.63, 3.8) is 0 Å². The van der Waals surface area contributed by atoms with E-state index in [4.69, 9.17) is 5.11 Å². The van der Waals surface area contributed by atoms with Crippen molar-refractivity contribution in [3.05, 3.63) is 118 Å². The van der Waals surface area contributed by atoms with Gasteiger partial charge in [-0.1, -0.05) is 109 Å². The molecule has 2 nitrogen and oxygen atoms in total. The van der Waals surface area contributed by atoms with Crippen molar-refractivity contribution in [1.29, 1.82) is 0 Å². The SMILES string of the molecule is C.C/C(=C/CC/C(C)=C/CCc1ccccc1)CO.CC(=O)/C(C)=C\CC/C(C)=C/CCc1ccccc1. The number of ketones is 1. The van der Waals surface area contributed by atoms with E-state index in [1.54, 1.807) is 6.92 Å². The van der Waals surface area contributed by atoms with E-state index in [1.807, 2.05) is 26.0 Å². The summed E-state index contributed by atoms with van der Waals surface area (Å²) in [5, 5.41) is 8.88. The van der Waals surface area contributed by atoms with Crippen molar-refractivity contribution in [1.82, 2.24) is 0 Å². The Bertz CT molecular complexity index is 1010. The largest absolute Gasteiger partial charge is 0.392 e. The number of hydrogen-bond donors (Lipinski definition) is 1. The first-order chi connectivity index (χ1) is 17.8. The maximum absolute atomic E-state index is 11.1. The van der Waals surface area contributed by atoms with Crippen molar-refractivity contribution >= 4 is 5.78 Å². The molecule has 0 aromatic heterocycles. The second kappa shape index (κ2) is 22.1. The van der Waals surface area contributed by atoms with Crippen LogP contribution in [0, 0.1) is 0 Å². The van der Waals surface area contributed by atoms with E-state index < -0.39 is 0 Å². The number of aliphatic hydroxyl groups excluding tert-OH is 1. The van der Waals surface area contributed by atoms with Crippen LogP contribution in [-0.2, 0) is 17.6 Å². The first kappa shape index (κ1) is 35.0. The van der Waals surface area contributed by atoms with E-state index in [0.29, 0.717) is 0 Å². The molecule has 0 amide bonds. The highest BCUT2D eigenvalue weighted by Crippen LogP contribution is 2.11. The highest BCUT2D eigenvalue weighted by atomic mass is 16.3. The number of benzene rings is 2. The van der Waals surface area contributed by atoms with Crippen LogP contribution < -0.4 is 0 Å². The normalized spacial score (nSPS) is 12.4. The minimum absolute atomic E-state index is 0. The van der Waals surface area contributed by atoms with Gasteiger partial charge in [0, 0.05) is 0 Å². The zero-order chi connectivity index (χ0) is 27.3. The molecule has 0 atom stereocenters. The van der Waals surface area contributed by atoms with Crippen LogP contribution in [0.2, 0.25) is 0 Å². The molecule has 208 valence electrons. The van der Waals surface area contributed by atoms with Crippen LogP contribution >= 0.6 is 0 Å². The molecule has 2 rings (SSSR count). The fraction of sp³-hybridized carbons (Fsp3) is 0.417. The fourth-order valence-corrected chi connectivity index (χ4v) is 3.73. The van der Waals surface area contributed by atoms with E-state index in [9.17, 15) is 4.79 Å². The molecule has 2 heteroatoms. The number of Topliss-reactive ketones (excluding diaryl/α,β-unsaturated/α-hetero) is 1. The molecule has 2 aromatic carbocycles. The molecule has 1 N–H and O–H groups in total. The average Bonchev–Trinajstić information content (AvgIpc) is 2.90. The van der Waals surface area contributed by atoms with Crippen LogP contribution in [0.3, 0.4) is 0 Å². The molecule has 0 bridgehead atoms. The zero-order valence-electron chi connectivity index (χ0n) is 23.8. The van der Waals surface area contributed by atoms with Crippen molar-refractivity contribution in [3.8, 4) is 0 Å². The number of rotatable bonds is 14. The second-order valence-electron chi connectivity index (χ2n) is 9.88. The van der Waals surface area contributed by atoms with E-state index >= 15 is 0 Å². The Morgan fingerprint density at radius 1 is 0.605 bits per heavy atom. The number of carbonyl (C=O) groups excluding carboxylic acids is 1. The van der Waals surface area contributed by atoms with Gasteiger partial charge in [-0.15, -0.1) is 0 Å². The van der Waals surface area contributed by atoms with Gasteiger partial charge in [-0.25, -0.2) is 0 Å². The molecular weight excluding hydrogens is 464 g/mol. The lowest BCUT2D eigenvalue weighted by atomic mass is 10.1. The van der Waals surface area contributed by atoms with Gasteiger partial charge in [0.25, 0.3) is 0 Å². The summed E-state index contributed by atoms with van der Waals surface area (Å²) in [5.41, 5.74) is 7.57. The summed E-state index contributed by atoms with van der Waals surface area (Å²) in [6.07, 6.45) is 17.3. The number of aliphatic hydroxyl groups is 1. The average molecular weight is 517 g/mol. The van der Waals surface area contributed by atoms with Gasteiger partial charge >= 0.3 is 0 Å². The molecule has 38 heavy (non-hydrogen) atoms. The van der Waals surface area contributed by atoms with Crippen LogP contribution in [0.25, 0.3) is 0 Å². The number of hydrogen-bond acceptors (Lipinski definition) is 2. The Morgan fingerprint density at radius 3 is 1.39 bits per heavy atom. The second-order valence-corrected chi connectivity index (χ2v) is 9.88. The lowest BCUT2D eigenvalue weighted by Gasteiger charge is -2.01. The van der Waals surface area contributed by atoms with Gasteiger partial charge in [0.05, 0.1) is 6.61 Å². The van der Waals surface area contributed by atoms with Crippen molar-refractivity contribution in [2.75, 3.05) is 6.61 Å². The topological polar surface area (TPSA) is 37.3 Å². The van der Waals surface area contributed by atoms with E-state index in [-0.39, 0.29) is 19.8 Å². The highest BCUT2D eigenvalue weighted by Gasteiger charge is 1.96. The first-order valence-corrected chi connectivity index (χ1v) is 13.6. The summed E-state index contributed by atoms with van der Waals surface area (Å²) in [6, 6.07) is 21.2. The van der Waals surface area contributed by atoms with E-state index in [1.165, 1.54) is 22.3 Å². The number of aryl methyl sites for hydroxylation is 2. The van der Waals surface area contributed by atoms with E-state index in [2.05, 4.69) is 86.7 Å². The Morgan fingerprint density at radius 2 is 1.00 bits per heavy atom. The summed E-state index contributed by atoms with van der Waals surface area (Å²) in [6.45, 7) is 10.0. The molecule has 2 aromatic rings. The number of allylic oxidation sites excluding steroid dienone is 7. The van der Waals surface area contributed by atoms with Gasteiger partial charge < -0.3 is 5.11 Å². The summed E-state index contributed by atoms with van der Waals surface area (Å²) in [7, 11) is 0. The third kappa shape index (κ3) is 18.3. The van der Waals surface area contributed by atoms with Gasteiger partial charge in [-0.2, -0.15) is 0 Å². The Hall–Kier alpha value is -2.97. The van der Waals surface area contributed by atoms with Gasteiger partial charge in [-0.3, -0.25) is 4.79 Å². The molecular formula is C36H52O2. The Kier molecular flexibility index (Phi) is 20.3. The zero-order valence-corrected chi connectivity index (χ0v) is 23.8. The van der Waals surface area contributed by atoms with Gasteiger partial charge in [-0.05, 0) is 103 Å². The third-order valence-electron chi connectivity index (χ3n) is 6.36.